The van der Waals surface area contributed by atoms with Crippen molar-refractivity contribution in [3.05, 3.63) is 73.5 Å². The van der Waals surface area contributed by atoms with E-state index < -0.39 is 0 Å². The predicted molar refractivity (Wildman–Crippen MR) is 106 cm³/mol. The maximum absolute atomic E-state index is 12.5. The van der Waals surface area contributed by atoms with Gasteiger partial charge in [-0.1, -0.05) is 23.2 Å². The summed E-state index contributed by atoms with van der Waals surface area (Å²) in [4.78, 5) is 12.5. The molecule has 1 aromatic heterocycles. The molecular formula is C18H12Cl2INO2. The summed E-state index contributed by atoms with van der Waals surface area (Å²) >= 11 is 14.3. The fourth-order valence-corrected chi connectivity index (χ4v) is 3.16. The number of nitrogens with one attached hydrogen (secondary N) is 1. The lowest BCUT2D eigenvalue weighted by atomic mass is 10.1. The summed E-state index contributed by atoms with van der Waals surface area (Å²) in [5.74, 6) is 0.852. The van der Waals surface area contributed by atoms with E-state index in [2.05, 4.69) is 27.9 Å². The monoisotopic (exact) mass is 471 g/mol. The minimum Gasteiger partial charge on any atom is -0.461 e. The van der Waals surface area contributed by atoms with Crippen LogP contribution in [-0.2, 0) is 0 Å². The molecule has 2 aromatic carbocycles. The van der Waals surface area contributed by atoms with E-state index in [1.807, 2.05) is 24.3 Å². The highest BCUT2D eigenvalue weighted by Crippen LogP contribution is 2.30. The van der Waals surface area contributed by atoms with Crippen molar-refractivity contribution in [2.24, 2.45) is 0 Å². The molecule has 0 aliphatic rings. The van der Waals surface area contributed by atoms with Gasteiger partial charge in [-0.15, -0.1) is 0 Å². The van der Waals surface area contributed by atoms with E-state index in [1.54, 1.807) is 31.2 Å². The molecule has 0 unspecified atom stereocenters. The van der Waals surface area contributed by atoms with Gasteiger partial charge in [0.15, 0.2) is 0 Å². The molecule has 0 aliphatic carbocycles. The number of amides is 1. The van der Waals surface area contributed by atoms with Crippen LogP contribution in [0.1, 0.15) is 16.1 Å². The van der Waals surface area contributed by atoms with Crippen LogP contribution in [0, 0.1) is 10.5 Å². The van der Waals surface area contributed by atoms with Gasteiger partial charge >= 0.3 is 0 Å². The Balaban J connectivity index is 1.88. The molecule has 0 atom stereocenters. The average molecular weight is 472 g/mol. The molecule has 6 heteroatoms. The first-order valence-corrected chi connectivity index (χ1v) is 8.89. The van der Waals surface area contributed by atoms with Crippen LogP contribution in [0.2, 0.25) is 10.0 Å². The number of benzene rings is 2. The number of aryl methyl sites for hydroxylation is 1. The minimum atomic E-state index is -0.225. The highest BCUT2D eigenvalue weighted by molar-refractivity contribution is 14.1. The Bertz CT molecular complexity index is 884. The molecule has 1 amide bonds. The van der Waals surface area contributed by atoms with Gasteiger partial charge in [-0.25, -0.2) is 0 Å². The summed E-state index contributed by atoms with van der Waals surface area (Å²) in [7, 11) is 0. The van der Waals surface area contributed by atoms with Gasteiger partial charge in [0.2, 0.25) is 0 Å². The van der Waals surface area contributed by atoms with Crippen LogP contribution in [-0.4, -0.2) is 5.91 Å². The van der Waals surface area contributed by atoms with Crippen molar-refractivity contribution in [3.8, 4) is 11.3 Å². The van der Waals surface area contributed by atoms with Crippen molar-refractivity contribution in [2.45, 2.75) is 6.92 Å². The quantitative estimate of drug-likeness (QED) is 0.448. The van der Waals surface area contributed by atoms with Crippen LogP contribution in [0.15, 0.2) is 52.9 Å². The van der Waals surface area contributed by atoms with Gasteiger partial charge in [-0.05, 0) is 78.0 Å². The second-order valence-corrected chi connectivity index (χ2v) is 7.32. The highest BCUT2D eigenvalue weighted by atomic mass is 127. The fraction of sp³-hybridized carbons (Fsp3) is 0.0556. The van der Waals surface area contributed by atoms with Crippen molar-refractivity contribution >= 4 is 57.4 Å². The van der Waals surface area contributed by atoms with Crippen LogP contribution in [0.4, 0.5) is 5.69 Å². The van der Waals surface area contributed by atoms with Crippen molar-refractivity contribution in [1.29, 1.82) is 0 Å². The molecule has 0 aliphatic heterocycles. The summed E-state index contributed by atoms with van der Waals surface area (Å²) in [6, 6.07) is 14.4. The Labute approximate surface area is 163 Å². The van der Waals surface area contributed by atoms with E-state index in [0.717, 1.165) is 14.8 Å². The maximum Gasteiger partial charge on any atom is 0.259 e. The molecule has 122 valence electrons. The molecule has 1 N–H and O–H groups in total. The van der Waals surface area contributed by atoms with Crippen molar-refractivity contribution in [2.75, 3.05) is 5.32 Å². The third kappa shape index (κ3) is 3.94. The molecule has 0 saturated carbocycles. The number of hydrogen-bond acceptors (Lipinski definition) is 2. The standard InChI is InChI=1S/C18H12Cl2INO2/c1-10-16(18(23)22-15-4-2-14(21)3-5-15)9-17(24-10)11-6-12(19)8-13(20)7-11/h2-9H,1H3,(H,22,23). The molecule has 0 bridgehead atoms. The third-order valence-electron chi connectivity index (χ3n) is 3.41. The summed E-state index contributed by atoms with van der Waals surface area (Å²) < 4.78 is 6.81. The lowest BCUT2D eigenvalue weighted by Gasteiger charge is -2.03. The number of halogens is 3. The largest absolute Gasteiger partial charge is 0.461 e. The number of carbonyl (C=O) groups is 1. The maximum atomic E-state index is 12.5. The number of furan rings is 1. The Morgan fingerprint density at radius 1 is 1.04 bits per heavy atom. The Morgan fingerprint density at radius 3 is 2.29 bits per heavy atom. The van der Waals surface area contributed by atoms with Crippen LogP contribution in [0.25, 0.3) is 11.3 Å². The van der Waals surface area contributed by atoms with E-state index >= 15 is 0 Å². The average Bonchev–Trinajstić information content (AvgIpc) is 2.91. The van der Waals surface area contributed by atoms with E-state index in [1.165, 1.54) is 0 Å². The summed E-state index contributed by atoms with van der Waals surface area (Å²) in [6.45, 7) is 1.75. The van der Waals surface area contributed by atoms with Crippen LogP contribution in [0.3, 0.4) is 0 Å². The van der Waals surface area contributed by atoms with Crippen LogP contribution < -0.4 is 5.32 Å². The molecule has 3 rings (SSSR count). The zero-order valence-corrected chi connectivity index (χ0v) is 16.2. The zero-order valence-electron chi connectivity index (χ0n) is 12.6. The second kappa shape index (κ2) is 7.17. The van der Waals surface area contributed by atoms with E-state index in [9.17, 15) is 4.79 Å². The zero-order chi connectivity index (χ0) is 17.3. The number of hydrogen-bond donors (Lipinski definition) is 1. The molecule has 0 fully saturated rings. The molecule has 0 saturated heterocycles. The molecule has 3 aromatic rings. The molecule has 3 nitrogen and oxygen atoms in total. The topological polar surface area (TPSA) is 42.2 Å². The normalized spacial score (nSPS) is 10.7. The molecule has 1 heterocycles. The molecule has 0 spiro atoms. The van der Waals surface area contributed by atoms with Crippen LogP contribution in [0.5, 0.6) is 0 Å². The van der Waals surface area contributed by atoms with Gasteiger partial charge in [0.1, 0.15) is 11.5 Å². The molecule has 0 radical (unpaired) electrons. The fourth-order valence-electron chi connectivity index (χ4n) is 2.28. The van der Waals surface area contributed by atoms with Gasteiger partial charge < -0.3 is 9.73 Å². The Morgan fingerprint density at radius 2 is 1.67 bits per heavy atom. The highest BCUT2D eigenvalue weighted by Gasteiger charge is 2.16. The predicted octanol–water partition coefficient (Wildman–Crippen LogP) is 6.42. The Hall–Kier alpha value is -1.50. The van der Waals surface area contributed by atoms with Crippen molar-refractivity contribution in [3.63, 3.8) is 0 Å². The summed E-state index contributed by atoms with van der Waals surface area (Å²) in [5, 5.41) is 3.88. The Kier molecular flexibility index (Phi) is 5.18. The van der Waals surface area contributed by atoms with E-state index in [-0.39, 0.29) is 5.91 Å². The van der Waals surface area contributed by atoms with Crippen molar-refractivity contribution in [1.82, 2.24) is 0 Å². The summed E-state index contributed by atoms with van der Waals surface area (Å²) in [5.41, 5.74) is 1.93. The second-order valence-electron chi connectivity index (χ2n) is 5.20. The lowest BCUT2D eigenvalue weighted by Crippen LogP contribution is -2.11. The molecule has 24 heavy (non-hydrogen) atoms. The first-order chi connectivity index (χ1) is 11.4. The first-order valence-electron chi connectivity index (χ1n) is 7.06. The lowest BCUT2D eigenvalue weighted by molar-refractivity contribution is 0.102. The third-order valence-corrected chi connectivity index (χ3v) is 4.57. The number of rotatable bonds is 3. The summed E-state index contributed by atoms with van der Waals surface area (Å²) in [6.07, 6.45) is 0. The van der Waals surface area contributed by atoms with Crippen LogP contribution >= 0.6 is 45.8 Å². The number of anilines is 1. The van der Waals surface area contributed by atoms with Gasteiger partial charge in [-0.2, -0.15) is 0 Å². The first kappa shape index (κ1) is 17.3. The smallest absolute Gasteiger partial charge is 0.259 e. The van der Waals surface area contributed by atoms with Gasteiger partial charge in [0, 0.05) is 24.9 Å². The molecular weight excluding hydrogens is 460 g/mol. The van der Waals surface area contributed by atoms with E-state index in [4.69, 9.17) is 27.6 Å². The SMILES string of the molecule is Cc1oc(-c2cc(Cl)cc(Cl)c2)cc1C(=O)Nc1ccc(I)cc1. The van der Waals surface area contributed by atoms with E-state index in [0.29, 0.717) is 27.1 Å². The van der Waals surface area contributed by atoms with Gasteiger partial charge in [-0.3, -0.25) is 4.79 Å². The number of carbonyl (C=O) groups excluding carboxylic acids is 1. The van der Waals surface area contributed by atoms with Gasteiger partial charge in [0.05, 0.1) is 5.56 Å². The van der Waals surface area contributed by atoms with Crippen molar-refractivity contribution < 1.29 is 9.21 Å². The van der Waals surface area contributed by atoms with Gasteiger partial charge in [0.25, 0.3) is 5.91 Å². The minimum absolute atomic E-state index is 0.225.